The van der Waals surface area contributed by atoms with Gasteiger partial charge in [0.2, 0.25) is 0 Å². The molecule has 7 nitrogen and oxygen atoms in total. The van der Waals surface area contributed by atoms with Crippen molar-refractivity contribution in [2.24, 2.45) is 0 Å². The molecule has 0 saturated heterocycles. The maximum Gasteiger partial charge on any atom is 0.336 e. The highest BCUT2D eigenvalue weighted by atomic mass is 79.9. The number of hydrogen-bond acceptors (Lipinski definition) is 7. The van der Waals surface area contributed by atoms with Crippen molar-refractivity contribution in [3.8, 4) is 11.5 Å². The molecule has 0 aromatic heterocycles. The van der Waals surface area contributed by atoms with Crippen molar-refractivity contribution in [3.05, 3.63) is 142 Å². The molecule has 0 amide bonds. The van der Waals surface area contributed by atoms with E-state index in [1.807, 2.05) is 86.6 Å². The number of halogens is 1. The van der Waals surface area contributed by atoms with Crippen molar-refractivity contribution >= 4 is 39.0 Å². The Bertz CT molecular complexity index is 1950. The van der Waals surface area contributed by atoms with E-state index in [0.717, 1.165) is 68.9 Å². The highest BCUT2D eigenvalue weighted by Crippen LogP contribution is 2.50. The summed E-state index contributed by atoms with van der Waals surface area (Å²) < 4.78 is 21.6. The summed E-state index contributed by atoms with van der Waals surface area (Å²) in [5, 5.41) is 3.80. The van der Waals surface area contributed by atoms with Gasteiger partial charge in [0.25, 0.3) is 0 Å². The predicted octanol–water partition coefficient (Wildman–Crippen LogP) is 9.55. The van der Waals surface area contributed by atoms with E-state index in [2.05, 4.69) is 45.5 Å². The van der Waals surface area contributed by atoms with E-state index in [9.17, 15) is 9.59 Å². The third kappa shape index (κ3) is 7.74. The molecule has 270 valence electrons. The zero-order chi connectivity index (χ0) is 36.6. The molecule has 3 aliphatic rings. The van der Waals surface area contributed by atoms with Gasteiger partial charge in [-0.1, -0.05) is 108 Å². The summed E-state index contributed by atoms with van der Waals surface area (Å²) in [6, 6.07) is 32.2. The Kier molecular flexibility index (Phi) is 12.3. The molecule has 0 aliphatic heterocycles. The Morgan fingerprint density at radius 3 is 1.65 bits per heavy atom. The van der Waals surface area contributed by atoms with E-state index in [1.54, 1.807) is 14.2 Å². The zero-order valence-corrected chi connectivity index (χ0v) is 31.8. The van der Waals surface area contributed by atoms with Gasteiger partial charge in [0.05, 0.1) is 49.4 Å². The van der Waals surface area contributed by atoms with Crippen LogP contribution in [0.2, 0.25) is 0 Å². The van der Waals surface area contributed by atoms with Crippen LogP contribution < -0.4 is 14.8 Å². The topological polar surface area (TPSA) is 83.1 Å². The van der Waals surface area contributed by atoms with Crippen molar-refractivity contribution in [3.63, 3.8) is 0 Å². The maximum absolute atomic E-state index is 13.2. The molecule has 2 unspecified atom stereocenters. The van der Waals surface area contributed by atoms with Crippen LogP contribution in [0, 0.1) is 0 Å². The SMILES string of the molecule is CCOC(=O)C1=C(c2ccccc2)c2ccc(OC)cc2C1Br.CCOC(=O)C1=C(c2ccccc2)c2ccc(OC)cc2C1NC1CCCCC1. The Labute approximate surface area is 315 Å². The Balaban J connectivity index is 0.000000183. The number of hydrogen-bond donors (Lipinski definition) is 1. The lowest BCUT2D eigenvalue weighted by Gasteiger charge is -2.28. The molecule has 1 saturated carbocycles. The lowest BCUT2D eigenvalue weighted by atomic mass is 9.93. The number of nitrogens with one attached hydrogen (secondary N) is 1. The monoisotopic (exact) mass is 763 g/mol. The average molecular weight is 765 g/mol. The van der Waals surface area contributed by atoms with Crippen LogP contribution in [0.1, 0.15) is 90.2 Å². The van der Waals surface area contributed by atoms with Gasteiger partial charge >= 0.3 is 11.9 Å². The second-order valence-corrected chi connectivity index (χ2v) is 13.9. The van der Waals surface area contributed by atoms with Gasteiger partial charge < -0.3 is 24.3 Å². The molecule has 8 heteroatoms. The summed E-state index contributed by atoms with van der Waals surface area (Å²) in [7, 11) is 3.32. The molecule has 4 aromatic carbocycles. The third-order valence-electron chi connectivity index (χ3n) is 9.84. The number of carbonyl (C=O) groups excluding carboxylic acids is 2. The molecular weight excluding hydrogens is 718 g/mol. The first-order chi connectivity index (χ1) is 25.4. The van der Waals surface area contributed by atoms with E-state index in [0.29, 0.717) is 30.4 Å². The fourth-order valence-corrected chi connectivity index (χ4v) is 8.26. The van der Waals surface area contributed by atoms with Crippen LogP contribution in [-0.2, 0) is 19.1 Å². The summed E-state index contributed by atoms with van der Waals surface area (Å²) >= 11 is 3.66. The zero-order valence-electron chi connectivity index (χ0n) is 30.2. The number of carbonyl (C=O) groups is 2. The van der Waals surface area contributed by atoms with E-state index in [-0.39, 0.29) is 22.8 Å². The van der Waals surface area contributed by atoms with E-state index in [4.69, 9.17) is 18.9 Å². The molecule has 0 radical (unpaired) electrons. The van der Waals surface area contributed by atoms with Gasteiger partial charge in [-0.3, -0.25) is 0 Å². The number of rotatable bonds is 10. The van der Waals surface area contributed by atoms with Crippen LogP contribution in [-0.4, -0.2) is 45.4 Å². The normalized spacial score (nSPS) is 17.9. The predicted molar refractivity (Wildman–Crippen MR) is 209 cm³/mol. The molecule has 3 aliphatic carbocycles. The molecular formula is C44H46BrNO6. The van der Waals surface area contributed by atoms with Crippen molar-refractivity contribution < 1.29 is 28.5 Å². The summed E-state index contributed by atoms with van der Waals surface area (Å²) in [5.41, 5.74) is 9.50. The second kappa shape index (κ2) is 17.2. The van der Waals surface area contributed by atoms with Crippen LogP contribution >= 0.6 is 15.9 Å². The van der Waals surface area contributed by atoms with Gasteiger partial charge in [-0.05, 0) is 84.3 Å². The first-order valence-electron chi connectivity index (χ1n) is 18.1. The number of ether oxygens (including phenoxy) is 4. The van der Waals surface area contributed by atoms with Gasteiger partial charge in [-0.2, -0.15) is 0 Å². The number of methoxy groups -OCH3 is 2. The van der Waals surface area contributed by atoms with Crippen LogP contribution in [0.4, 0.5) is 0 Å². The number of fused-ring (bicyclic) bond motifs is 2. The quantitative estimate of drug-likeness (QED) is 0.127. The highest BCUT2D eigenvalue weighted by molar-refractivity contribution is 9.09. The number of esters is 2. The van der Waals surface area contributed by atoms with Crippen LogP contribution in [0.3, 0.4) is 0 Å². The van der Waals surface area contributed by atoms with Gasteiger partial charge in [-0.15, -0.1) is 0 Å². The summed E-state index contributed by atoms with van der Waals surface area (Å²) in [6.07, 6.45) is 6.06. The van der Waals surface area contributed by atoms with Gasteiger partial charge in [0.15, 0.2) is 0 Å². The summed E-state index contributed by atoms with van der Waals surface area (Å²) in [5.74, 6) is 1.04. The first-order valence-corrected chi connectivity index (χ1v) is 19.0. The van der Waals surface area contributed by atoms with Crippen molar-refractivity contribution in [2.75, 3.05) is 27.4 Å². The molecule has 7 rings (SSSR count). The number of benzene rings is 4. The van der Waals surface area contributed by atoms with Crippen LogP contribution in [0.25, 0.3) is 11.1 Å². The fraction of sp³-hybridized carbons (Fsp3) is 0.318. The lowest BCUT2D eigenvalue weighted by molar-refractivity contribution is -0.139. The Hall–Kier alpha value is -4.66. The molecule has 2 atom stereocenters. The molecule has 0 spiro atoms. The third-order valence-corrected chi connectivity index (χ3v) is 10.8. The summed E-state index contributed by atoms with van der Waals surface area (Å²) in [4.78, 5) is 25.5. The molecule has 4 aromatic rings. The summed E-state index contributed by atoms with van der Waals surface area (Å²) in [6.45, 7) is 4.38. The van der Waals surface area contributed by atoms with Crippen molar-refractivity contribution in [1.82, 2.24) is 5.32 Å². The fourth-order valence-electron chi connectivity index (χ4n) is 7.46. The molecule has 1 fully saturated rings. The standard InChI is InChI=1S/C25H29NO3.C19H17BrO3/c1-3-29-25(27)23-22(17-10-6-4-7-11-17)20-15-14-19(28-2)16-21(20)24(23)26-18-12-8-5-9-13-18;1-3-23-19(21)17-16(12-7-5-4-6-8-12)14-10-9-13(22-2)11-15(14)18(17)20/h4,6-7,10-11,14-16,18,24,26H,3,5,8-9,12-13H2,1-2H3;4-11,18H,3H2,1-2H3. The van der Waals surface area contributed by atoms with Crippen LogP contribution in [0.15, 0.2) is 108 Å². The van der Waals surface area contributed by atoms with Crippen molar-refractivity contribution in [1.29, 1.82) is 0 Å². The highest BCUT2D eigenvalue weighted by Gasteiger charge is 2.39. The molecule has 0 heterocycles. The smallest absolute Gasteiger partial charge is 0.336 e. The van der Waals surface area contributed by atoms with E-state index >= 15 is 0 Å². The number of alkyl halides is 1. The van der Waals surface area contributed by atoms with E-state index in [1.165, 1.54) is 19.3 Å². The largest absolute Gasteiger partial charge is 0.497 e. The molecule has 1 N–H and O–H groups in total. The van der Waals surface area contributed by atoms with Crippen LogP contribution in [0.5, 0.6) is 11.5 Å². The minimum absolute atomic E-state index is 0.183. The molecule has 52 heavy (non-hydrogen) atoms. The van der Waals surface area contributed by atoms with Gasteiger partial charge in [-0.25, -0.2) is 9.59 Å². The lowest BCUT2D eigenvalue weighted by Crippen LogP contribution is -2.36. The molecule has 0 bridgehead atoms. The minimum Gasteiger partial charge on any atom is -0.497 e. The van der Waals surface area contributed by atoms with E-state index < -0.39 is 0 Å². The van der Waals surface area contributed by atoms with Crippen molar-refractivity contribution in [2.45, 2.75) is 62.9 Å². The van der Waals surface area contributed by atoms with Gasteiger partial charge in [0.1, 0.15) is 11.5 Å². The Morgan fingerprint density at radius 2 is 1.13 bits per heavy atom. The average Bonchev–Trinajstić information content (AvgIpc) is 3.67. The first kappa shape index (κ1) is 37.1. The Morgan fingerprint density at radius 1 is 0.654 bits per heavy atom. The second-order valence-electron chi connectivity index (χ2n) is 13.0. The maximum atomic E-state index is 13.2. The minimum atomic E-state index is -0.289. The van der Waals surface area contributed by atoms with Gasteiger partial charge in [0, 0.05) is 17.2 Å².